The van der Waals surface area contributed by atoms with Gasteiger partial charge in [0.1, 0.15) is 11.6 Å². The van der Waals surface area contributed by atoms with Gasteiger partial charge in [0.15, 0.2) is 0 Å². The van der Waals surface area contributed by atoms with E-state index >= 15 is 0 Å². The van der Waals surface area contributed by atoms with Crippen molar-refractivity contribution in [3.63, 3.8) is 0 Å². The number of aryl methyl sites for hydroxylation is 1. The molecule has 1 amide bonds. The molecule has 2 atom stereocenters. The summed E-state index contributed by atoms with van der Waals surface area (Å²) >= 11 is 0. The highest BCUT2D eigenvalue weighted by molar-refractivity contribution is 5.80. The van der Waals surface area contributed by atoms with Gasteiger partial charge < -0.3 is 14.8 Å². The van der Waals surface area contributed by atoms with Gasteiger partial charge in [-0.2, -0.15) is 0 Å². The maximum atomic E-state index is 12.2. The molecule has 6 nitrogen and oxygen atoms in total. The number of nitrogens with one attached hydrogen (secondary N) is 1. The molecular formula is C20H23N5O. The molecule has 26 heavy (non-hydrogen) atoms. The first-order valence-corrected chi connectivity index (χ1v) is 8.96. The Labute approximate surface area is 152 Å². The highest BCUT2D eigenvalue weighted by Crippen LogP contribution is 2.34. The molecular weight excluding hydrogens is 326 g/mol. The molecule has 1 saturated heterocycles. The topological polar surface area (TPSA) is 63.1 Å². The molecule has 1 aliphatic rings. The van der Waals surface area contributed by atoms with Crippen molar-refractivity contribution in [3.05, 3.63) is 54.6 Å². The van der Waals surface area contributed by atoms with Crippen LogP contribution in [-0.4, -0.2) is 38.9 Å². The Morgan fingerprint density at radius 1 is 1.19 bits per heavy atom. The molecule has 1 N–H and O–H groups in total. The Morgan fingerprint density at radius 3 is 2.85 bits per heavy atom. The standard InChI is InChI=1S/C20H23N5O/c1-24-12-11-21-20(24)19-15(8-10-18(26)25(19)2)13-22-17-9-7-14-5-3-4-6-16(14)23-17/h3-7,9,11-12,15,19H,8,10,13H2,1-2H3,(H,22,23)/t15-,19+/m1/s1. The third-order valence-corrected chi connectivity index (χ3v) is 5.25. The zero-order chi connectivity index (χ0) is 18.1. The van der Waals surface area contributed by atoms with Crippen LogP contribution in [0.5, 0.6) is 0 Å². The van der Waals surface area contributed by atoms with Crippen LogP contribution in [0, 0.1) is 5.92 Å². The third-order valence-electron chi connectivity index (χ3n) is 5.25. The van der Waals surface area contributed by atoms with Gasteiger partial charge in [-0.3, -0.25) is 4.79 Å². The number of benzene rings is 1. The van der Waals surface area contributed by atoms with E-state index in [9.17, 15) is 4.79 Å². The first kappa shape index (κ1) is 16.6. The number of piperidine rings is 1. The fraction of sp³-hybridized carbons (Fsp3) is 0.350. The number of likely N-dealkylation sites (tertiary alicyclic amines) is 1. The Kier molecular flexibility index (Phi) is 4.32. The van der Waals surface area contributed by atoms with E-state index in [-0.39, 0.29) is 17.9 Å². The minimum atomic E-state index is -0.0239. The number of hydrogen-bond acceptors (Lipinski definition) is 4. The quantitative estimate of drug-likeness (QED) is 0.786. The van der Waals surface area contributed by atoms with Crippen molar-refractivity contribution >= 4 is 22.6 Å². The lowest BCUT2D eigenvalue weighted by molar-refractivity contribution is -0.137. The van der Waals surface area contributed by atoms with Gasteiger partial charge in [-0.05, 0) is 24.6 Å². The summed E-state index contributed by atoms with van der Waals surface area (Å²) in [6.07, 6.45) is 5.14. The van der Waals surface area contributed by atoms with E-state index in [1.165, 1.54) is 0 Å². The number of fused-ring (bicyclic) bond motifs is 1. The Balaban J connectivity index is 1.55. The van der Waals surface area contributed by atoms with Crippen LogP contribution >= 0.6 is 0 Å². The molecule has 1 aromatic carbocycles. The highest BCUT2D eigenvalue weighted by atomic mass is 16.2. The van der Waals surface area contributed by atoms with Crippen LogP contribution in [0.15, 0.2) is 48.8 Å². The summed E-state index contributed by atoms with van der Waals surface area (Å²) < 4.78 is 2.00. The summed E-state index contributed by atoms with van der Waals surface area (Å²) in [5.74, 6) is 2.26. The summed E-state index contributed by atoms with van der Waals surface area (Å²) in [6, 6.07) is 12.2. The molecule has 0 spiro atoms. The number of hydrogen-bond donors (Lipinski definition) is 1. The van der Waals surface area contributed by atoms with E-state index in [2.05, 4.69) is 27.4 Å². The number of anilines is 1. The van der Waals surface area contributed by atoms with Gasteiger partial charge in [-0.15, -0.1) is 0 Å². The minimum absolute atomic E-state index is 0.0239. The lowest BCUT2D eigenvalue weighted by Crippen LogP contribution is -2.43. The number of amides is 1. The van der Waals surface area contributed by atoms with Gasteiger partial charge >= 0.3 is 0 Å². The molecule has 6 heteroatoms. The van der Waals surface area contributed by atoms with Gasteiger partial charge in [0.25, 0.3) is 0 Å². The molecule has 1 aliphatic heterocycles. The predicted molar refractivity (Wildman–Crippen MR) is 102 cm³/mol. The second-order valence-electron chi connectivity index (χ2n) is 6.91. The number of rotatable bonds is 4. The molecule has 0 unspecified atom stereocenters. The van der Waals surface area contributed by atoms with E-state index in [1.54, 1.807) is 6.20 Å². The lowest BCUT2D eigenvalue weighted by atomic mass is 9.88. The van der Waals surface area contributed by atoms with Crippen molar-refractivity contribution in [1.29, 1.82) is 0 Å². The first-order chi connectivity index (χ1) is 12.6. The number of carbonyl (C=O) groups is 1. The summed E-state index contributed by atoms with van der Waals surface area (Å²) in [6.45, 7) is 0.750. The fourth-order valence-electron chi connectivity index (χ4n) is 3.77. The number of carbonyl (C=O) groups excluding carboxylic acids is 1. The number of pyridine rings is 1. The van der Waals surface area contributed by atoms with E-state index in [4.69, 9.17) is 0 Å². The van der Waals surface area contributed by atoms with Crippen LogP contribution in [0.3, 0.4) is 0 Å². The van der Waals surface area contributed by atoms with Crippen LogP contribution in [0.2, 0.25) is 0 Å². The third kappa shape index (κ3) is 3.03. The predicted octanol–water partition coefficient (Wildman–Crippen LogP) is 2.99. The molecule has 0 saturated carbocycles. The largest absolute Gasteiger partial charge is 0.370 e. The average Bonchev–Trinajstić information content (AvgIpc) is 3.08. The van der Waals surface area contributed by atoms with E-state index < -0.39 is 0 Å². The minimum Gasteiger partial charge on any atom is -0.370 e. The molecule has 4 rings (SSSR count). The molecule has 0 radical (unpaired) electrons. The molecule has 1 fully saturated rings. The monoisotopic (exact) mass is 349 g/mol. The van der Waals surface area contributed by atoms with Crippen LogP contribution < -0.4 is 5.32 Å². The maximum Gasteiger partial charge on any atom is 0.222 e. The van der Waals surface area contributed by atoms with Crippen molar-refractivity contribution < 1.29 is 4.79 Å². The van der Waals surface area contributed by atoms with Crippen molar-refractivity contribution in [2.24, 2.45) is 13.0 Å². The SMILES string of the molecule is CN1C(=O)CC[C@H](CNc2ccc3ccccc3n2)[C@H]1c1nccn1C. The van der Waals surface area contributed by atoms with Gasteiger partial charge in [0.2, 0.25) is 5.91 Å². The Morgan fingerprint density at radius 2 is 2.04 bits per heavy atom. The zero-order valence-electron chi connectivity index (χ0n) is 15.1. The van der Waals surface area contributed by atoms with Crippen molar-refractivity contribution in [2.45, 2.75) is 18.9 Å². The van der Waals surface area contributed by atoms with E-state index in [0.29, 0.717) is 6.42 Å². The van der Waals surface area contributed by atoms with Gasteiger partial charge in [0, 0.05) is 50.8 Å². The molecule has 3 aromatic rings. The van der Waals surface area contributed by atoms with Crippen molar-refractivity contribution in [1.82, 2.24) is 19.4 Å². The molecule has 3 heterocycles. The highest BCUT2D eigenvalue weighted by Gasteiger charge is 2.36. The molecule has 2 aromatic heterocycles. The van der Waals surface area contributed by atoms with Crippen molar-refractivity contribution in [2.75, 3.05) is 18.9 Å². The summed E-state index contributed by atoms with van der Waals surface area (Å²) in [4.78, 5) is 23.3. The van der Waals surface area contributed by atoms with Gasteiger partial charge in [0.05, 0.1) is 11.6 Å². The van der Waals surface area contributed by atoms with E-state index in [0.717, 1.165) is 35.5 Å². The Hall–Kier alpha value is -2.89. The second kappa shape index (κ2) is 6.78. The molecule has 134 valence electrons. The van der Waals surface area contributed by atoms with Crippen LogP contribution in [0.1, 0.15) is 24.7 Å². The maximum absolute atomic E-state index is 12.2. The second-order valence-corrected chi connectivity index (χ2v) is 6.91. The van der Waals surface area contributed by atoms with Crippen molar-refractivity contribution in [3.8, 4) is 0 Å². The van der Waals surface area contributed by atoms with E-state index in [1.807, 2.05) is 54.0 Å². The zero-order valence-corrected chi connectivity index (χ0v) is 15.1. The normalized spacial score (nSPS) is 20.5. The Bertz CT molecular complexity index is 935. The van der Waals surface area contributed by atoms with Crippen LogP contribution in [-0.2, 0) is 11.8 Å². The molecule has 0 aliphatic carbocycles. The smallest absolute Gasteiger partial charge is 0.222 e. The number of para-hydroxylation sites is 1. The lowest BCUT2D eigenvalue weighted by Gasteiger charge is -2.38. The summed E-state index contributed by atoms with van der Waals surface area (Å²) in [7, 11) is 3.85. The van der Waals surface area contributed by atoms with Crippen LogP contribution in [0.4, 0.5) is 5.82 Å². The van der Waals surface area contributed by atoms with Gasteiger partial charge in [-0.25, -0.2) is 9.97 Å². The fourth-order valence-corrected chi connectivity index (χ4v) is 3.77. The van der Waals surface area contributed by atoms with Gasteiger partial charge in [-0.1, -0.05) is 18.2 Å². The summed E-state index contributed by atoms with van der Waals surface area (Å²) in [5, 5.41) is 4.60. The van der Waals surface area contributed by atoms with Crippen LogP contribution in [0.25, 0.3) is 10.9 Å². The number of nitrogens with zero attached hydrogens (tertiary/aromatic N) is 4. The molecule has 0 bridgehead atoms. The first-order valence-electron chi connectivity index (χ1n) is 8.96. The number of aromatic nitrogens is 3. The number of imidazole rings is 1. The summed E-state index contributed by atoms with van der Waals surface area (Å²) in [5.41, 5.74) is 0.981. The average molecular weight is 349 g/mol.